The molecule has 1 fully saturated rings. The molecule has 1 amide bonds. The van der Waals surface area contributed by atoms with Crippen LogP contribution in [0.3, 0.4) is 0 Å². The van der Waals surface area contributed by atoms with Crippen LogP contribution in [-0.2, 0) is 6.42 Å². The highest BCUT2D eigenvalue weighted by molar-refractivity contribution is 5.96. The van der Waals surface area contributed by atoms with Crippen LogP contribution < -0.4 is 0 Å². The van der Waals surface area contributed by atoms with Crippen molar-refractivity contribution >= 4 is 5.91 Å². The van der Waals surface area contributed by atoms with Crippen LogP contribution in [0.25, 0.3) is 11.4 Å². The summed E-state index contributed by atoms with van der Waals surface area (Å²) < 4.78 is 0. The molecule has 1 saturated heterocycles. The Morgan fingerprint density at radius 1 is 1.10 bits per heavy atom. The maximum atomic E-state index is 13.9. The third kappa shape index (κ3) is 3.06. The number of rotatable bonds is 2. The summed E-state index contributed by atoms with van der Waals surface area (Å²) in [5.41, 5.74) is 6.55. The highest BCUT2D eigenvalue weighted by Crippen LogP contribution is 2.48. The van der Waals surface area contributed by atoms with Crippen molar-refractivity contribution < 1.29 is 4.79 Å². The third-order valence-corrected chi connectivity index (χ3v) is 7.12. The summed E-state index contributed by atoms with van der Waals surface area (Å²) in [5.74, 6) is 1.50. The van der Waals surface area contributed by atoms with Crippen LogP contribution >= 0.6 is 0 Å². The summed E-state index contributed by atoms with van der Waals surface area (Å²) in [6.45, 7) is 10.4. The van der Waals surface area contributed by atoms with E-state index in [-0.39, 0.29) is 18.0 Å². The number of nitrogens with one attached hydrogen (secondary N) is 1. The Kier molecular flexibility index (Phi) is 4.64. The molecular weight excluding hydrogens is 388 g/mol. The molecule has 3 aromatic heterocycles. The Morgan fingerprint density at radius 2 is 1.90 bits per heavy atom. The maximum absolute atomic E-state index is 13.9. The van der Waals surface area contributed by atoms with Crippen molar-refractivity contribution in [3.8, 4) is 11.4 Å². The first-order valence-corrected chi connectivity index (χ1v) is 11.0. The van der Waals surface area contributed by atoms with Crippen molar-refractivity contribution in [1.29, 1.82) is 0 Å². The molecule has 0 unspecified atom stereocenters. The molecule has 7 heteroatoms. The van der Waals surface area contributed by atoms with Gasteiger partial charge in [-0.15, -0.1) is 0 Å². The molecular formula is C24H28N6O. The van der Waals surface area contributed by atoms with Crippen LogP contribution in [0.4, 0.5) is 0 Å². The number of hydrogen-bond acceptors (Lipinski definition) is 5. The number of pyridine rings is 1. The van der Waals surface area contributed by atoms with E-state index in [1.165, 1.54) is 0 Å². The molecule has 0 aliphatic carbocycles. The number of aromatic nitrogens is 5. The number of hydrogen-bond donors (Lipinski definition) is 1. The summed E-state index contributed by atoms with van der Waals surface area (Å²) in [5, 5.41) is 7.19. The molecule has 5 rings (SSSR count). The second-order valence-corrected chi connectivity index (χ2v) is 9.14. The molecule has 31 heavy (non-hydrogen) atoms. The van der Waals surface area contributed by atoms with Gasteiger partial charge in [-0.1, -0.05) is 13.8 Å². The first-order valence-electron chi connectivity index (χ1n) is 11.0. The average Bonchev–Trinajstić information content (AvgIpc) is 3.27. The Labute approximate surface area is 182 Å². The van der Waals surface area contributed by atoms with Crippen molar-refractivity contribution in [3.63, 3.8) is 0 Å². The van der Waals surface area contributed by atoms with E-state index in [9.17, 15) is 4.79 Å². The SMILES string of the molecule is Cc1nc(-c2ccn[nH]2)c2c(n1)[C@H]1[C@H](C)C[C@H](C)[C@@H](C2)N1C(=O)c1ccnc(C)c1C. The van der Waals surface area contributed by atoms with Gasteiger partial charge >= 0.3 is 0 Å². The van der Waals surface area contributed by atoms with Crippen molar-refractivity contribution in [1.82, 2.24) is 30.0 Å². The lowest BCUT2D eigenvalue weighted by molar-refractivity contribution is 0.00178. The molecule has 1 N–H and O–H groups in total. The number of nitrogens with zero attached hydrogens (tertiary/aromatic N) is 5. The topological polar surface area (TPSA) is 87.7 Å². The van der Waals surface area contributed by atoms with Crippen LogP contribution in [0.5, 0.6) is 0 Å². The Balaban J connectivity index is 1.68. The van der Waals surface area contributed by atoms with Crippen LogP contribution in [0.2, 0.25) is 0 Å². The number of aromatic amines is 1. The minimum absolute atomic E-state index is 0.0614. The quantitative estimate of drug-likeness (QED) is 0.683. The predicted molar refractivity (Wildman–Crippen MR) is 117 cm³/mol. The average molecular weight is 417 g/mol. The monoisotopic (exact) mass is 416 g/mol. The number of aryl methyl sites for hydroxylation is 2. The van der Waals surface area contributed by atoms with Gasteiger partial charge in [-0.05, 0) is 63.1 Å². The van der Waals surface area contributed by atoms with Crippen LogP contribution in [0, 0.1) is 32.6 Å². The zero-order valence-corrected chi connectivity index (χ0v) is 18.7. The Morgan fingerprint density at radius 3 is 2.65 bits per heavy atom. The van der Waals surface area contributed by atoms with Gasteiger partial charge in [0.1, 0.15) is 5.82 Å². The summed E-state index contributed by atoms with van der Waals surface area (Å²) in [4.78, 5) is 30.1. The van der Waals surface area contributed by atoms with Crippen molar-refractivity contribution in [3.05, 3.63) is 58.4 Å². The van der Waals surface area contributed by atoms with E-state index in [0.29, 0.717) is 11.8 Å². The van der Waals surface area contributed by atoms with Gasteiger partial charge in [0.15, 0.2) is 0 Å². The van der Waals surface area contributed by atoms with Crippen LogP contribution in [-0.4, -0.2) is 42.0 Å². The molecule has 0 radical (unpaired) electrons. The van der Waals surface area contributed by atoms with Gasteiger partial charge < -0.3 is 4.90 Å². The maximum Gasteiger partial charge on any atom is 0.255 e. The lowest BCUT2D eigenvalue weighted by Crippen LogP contribution is -2.56. The number of fused-ring (bicyclic) bond motifs is 4. The largest absolute Gasteiger partial charge is 0.326 e. The summed E-state index contributed by atoms with van der Waals surface area (Å²) >= 11 is 0. The standard InChI is InChI=1S/C24H28N6O/c1-12-10-13(2)23-22-18(21(27-16(5)28-22)19-7-9-26-29-19)11-20(12)30(23)24(31)17-6-8-25-15(4)14(17)3/h6-9,12-13,20,23H,10-11H2,1-5H3,(H,26,29)/t12-,13+,20+,23+/m0/s1. The van der Waals surface area contributed by atoms with Crippen molar-refractivity contribution in [2.45, 2.75) is 59.5 Å². The molecule has 3 aromatic rings. The number of H-pyrrole nitrogens is 1. The van der Waals surface area contributed by atoms with Crippen LogP contribution in [0.15, 0.2) is 24.5 Å². The van der Waals surface area contributed by atoms with E-state index < -0.39 is 0 Å². The second kappa shape index (κ2) is 7.25. The van der Waals surface area contributed by atoms with Gasteiger partial charge in [-0.3, -0.25) is 14.9 Å². The third-order valence-electron chi connectivity index (χ3n) is 7.12. The van der Waals surface area contributed by atoms with Gasteiger partial charge in [-0.25, -0.2) is 9.97 Å². The number of carbonyl (C=O) groups is 1. The first-order chi connectivity index (χ1) is 14.9. The number of piperidine rings is 1. The normalized spacial score (nSPS) is 24.7. The van der Waals surface area contributed by atoms with E-state index >= 15 is 0 Å². The zero-order valence-electron chi connectivity index (χ0n) is 18.7. The number of amides is 1. The first kappa shape index (κ1) is 19.8. The van der Waals surface area contributed by atoms with Gasteiger partial charge in [0, 0.05) is 35.3 Å². The highest BCUT2D eigenvalue weighted by atomic mass is 16.2. The fourth-order valence-electron chi connectivity index (χ4n) is 5.50. The molecule has 2 aliphatic rings. The van der Waals surface area contributed by atoms with Crippen molar-refractivity contribution in [2.75, 3.05) is 0 Å². The lowest BCUT2D eigenvalue weighted by Gasteiger charge is -2.52. The van der Waals surface area contributed by atoms with Crippen LogP contribution in [0.1, 0.15) is 65.0 Å². The lowest BCUT2D eigenvalue weighted by atomic mass is 9.71. The fraction of sp³-hybridized carbons (Fsp3) is 0.458. The second-order valence-electron chi connectivity index (χ2n) is 9.14. The van der Waals surface area contributed by atoms with Gasteiger partial charge in [0.25, 0.3) is 5.91 Å². The smallest absolute Gasteiger partial charge is 0.255 e. The summed E-state index contributed by atoms with van der Waals surface area (Å²) in [7, 11) is 0. The Hall–Kier alpha value is -3.09. The predicted octanol–water partition coefficient (Wildman–Crippen LogP) is 3.97. The molecule has 2 bridgehead atoms. The fourth-order valence-corrected chi connectivity index (χ4v) is 5.50. The van der Waals surface area contributed by atoms with E-state index in [1.54, 1.807) is 12.4 Å². The molecule has 2 aliphatic heterocycles. The zero-order chi connectivity index (χ0) is 21.9. The summed E-state index contributed by atoms with van der Waals surface area (Å²) in [6, 6.07) is 3.86. The molecule has 0 spiro atoms. The number of carbonyl (C=O) groups excluding carboxylic acids is 1. The minimum Gasteiger partial charge on any atom is -0.326 e. The summed E-state index contributed by atoms with van der Waals surface area (Å²) in [6.07, 6.45) is 5.32. The van der Waals surface area contributed by atoms with Gasteiger partial charge in [0.05, 0.1) is 23.1 Å². The highest BCUT2D eigenvalue weighted by Gasteiger charge is 2.48. The molecule has 7 nitrogen and oxygen atoms in total. The van der Waals surface area contributed by atoms with E-state index in [2.05, 4.69) is 33.9 Å². The van der Waals surface area contributed by atoms with Gasteiger partial charge in [0.2, 0.25) is 0 Å². The van der Waals surface area contributed by atoms with E-state index in [1.807, 2.05) is 32.9 Å². The van der Waals surface area contributed by atoms with Gasteiger partial charge in [-0.2, -0.15) is 5.10 Å². The molecule has 0 aromatic carbocycles. The molecule has 4 atom stereocenters. The van der Waals surface area contributed by atoms with Crippen molar-refractivity contribution in [2.24, 2.45) is 11.8 Å². The Bertz CT molecular complexity index is 1160. The molecule has 160 valence electrons. The molecule has 5 heterocycles. The van der Waals surface area contributed by atoms with E-state index in [0.717, 1.165) is 58.1 Å². The van der Waals surface area contributed by atoms with E-state index in [4.69, 9.17) is 9.97 Å². The molecule has 0 saturated carbocycles. The minimum atomic E-state index is -0.0614.